The maximum Gasteiger partial charge on any atom is 0.327 e. The number of carbonyl (C=O) groups excluding carboxylic acids is 1. The van der Waals surface area contributed by atoms with Gasteiger partial charge in [0.15, 0.2) is 0 Å². The number of H-pyrrole nitrogens is 1. The van der Waals surface area contributed by atoms with Crippen molar-refractivity contribution in [1.82, 2.24) is 19.4 Å². The number of hydrogen-bond acceptors (Lipinski definition) is 4. The number of hydrogen-bond donors (Lipinski definition) is 1. The van der Waals surface area contributed by atoms with Crippen LogP contribution in [0.4, 0.5) is 5.82 Å². The molecule has 6 rings (SSSR count). The number of aromatic nitrogens is 3. The summed E-state index contributed by atoms with van der Waals surface area (Å²) in [6.07, 6.45) is 12.0. The van der Waals surface area contributed by atoms with E-state index < -0.39 is 0 Å². The third-order valence-corrected chi connectivity index (χ3v) is 6.80. The van der Waals surface area contributed by atoms with Crippen LogP contribution in [0.25, 0.3) is 6.08 Å². The Labute approximate surface area is 188 Å². The van der Waals surface area contributed by atoms with Gasteiger partial charge in [-0.1, -0.05) is 32.9 Å². The van der Waals surface area contributed by atoms with E-state index in [1.165, 1.54) is 5.57 Å². The van der Waals surface area contributed by atoms with Crippen molar-refractivity contribution in [2.24, 2.45) is 18.4 Å². The van der Waals surface area contributed by atoms with E-state index >= 15 is 0 Å². The standard InChI is InChI=1S/C25H31N5O2/c1-25(2,3)15-30-21(10-9-20-22(30)28(4)24(32)27-20)19-12-18-8-7-17(19)14-29(18)23(31)16-6-5-11-26-13-16/h5-6,9-13,17-18,21H,7-8,14-15H2,1-4H3,(H,27,32). The first-order chi connectivity index (χ1) is 15.2. The van der Waals surface area contributed by atoms with Crippen LogP contribution in [-0.2, 0) is 7.05 Å². The summed E-state index contributed by atoms with van der Waals surface area (Å²) >= 11 is 0. The van der Waals surface area contributed by atoms with E-state index in [0.29, 0.717) is 11.5 Å². The summed E-state index contributed by atoms with van der Waals surface area (Å²) in [5, 5.41) is 0. The maximum absolute atomic E-state index is 13.1. The Morgan fingerprint density at radius 3 is 2.75 bits per heavy atom. The number of pyridine rings is 1. The Kier molecular flexibility index (Phi) is 4.87. The van der Waals surface area contributed by atoms with Gasteiger partial charge in [-0.25, -0.2) is 4.79 Å². The first-order valence-electron chi connectivity index (χ1n) is 11.4. The molecule has 2 aromatic heterocycles. The van der Waals surface area contributed by atoms with Crippen molar-refractivity contribution in [3.63, 3.8) is 0 Å². The number of carbonyl (C=O) groups is 1. The molecule has 7 nitrogen and oxygen atoms in total. The van der Waals surface area contributed by atoms with Crippen molar-refractivity contribution in [3.8, 4) is 0 Å². The van der Waals surface area contributed by atoms with Crippen LogP contribution in [-0.4, -0.2) is 50.5 Å². The zero-order chi connectivity index (χ0) is 22.6. The molecule has 0 spiro atoms. The molecule has 1 fully saturated rings. The molecule has 3 atom stereocenters. The van der Waals surface area contributed by atoms with Crippen LogP contribution in [0.3, 0.4) is 0 Å². The van der Waals surface area contributed by atoms with Crippen molar-refractivity contribution in [2.75, 3.05) is 18.0 Å². The van der Waals surface area contributed by atoms with Gasteiger partial charge < -0.3 is 14.8 Å². The monoisotopic (exact) mass is 433 g/mol. The lowest BCUT2D eigenvalue weighted by Gasteiger charge is -2.49. The van der Waals surface area contributed by atoms with Gasteiger partial charge in [0.1, 0.15) is 5.82 Å². The van der Waals surface area contributed by atoms with E-state index in [1.54, 1.807) is 17.0 Å². The van der Waals surface area contributed by atoms with E-state index in [1.807, 2.05) is 30.2 Å². The average Bonchev–Trinajstić information content (AvgIpc) is 3.07. The summed E-state index contributed by atoms with van der Waals surface area (Å²) in [6.45, 7) is 8.23. The normalized spacial score (nSPS) is 24.5. The smallest absolute Gasteiger partial charge is 0.327 e. The maximum atomic E-state index is 13.1. The molecule has 0 radical (unpaired) electrons. The predicted octanol–water partition coefficient (Wildman–Crippen LogP) is 3.22. The fourth-order valence-corrected chi connectivity index (χ4v) is 5.42. The van der Waals surface area contributed by atoms with Gasteiger partial charge in [0, 0.05) is 32.5 Å². The van der Waals surface area contributed by atoms with E-state index in [2.05, 4.69) is 47.8 Å². The Bertz CT molecular complexity index is 1150. The van der Waals surface area contributed by atoms with Crippen molar-refractivity contribution in [1.29, 1.82) is 0 Å². The van der Waals surface area contributed by atoms with Gasteiger partial charge in [0.25, 0.3) is 5.91 Å². The largest absolute Gasteiger partial charge is 0.345 e. The molecule has 0 aromatic carbocycles. The summed E-state index contributed by atoms with van der Waals surface area (Å²) in [6, 6.07) is 3.84. The number of aromatic amines is 1. The first-order valence-corrected chi connectivity index (χ1v) is 11.4. The quantitative estimate of drug-likeness (QED) is 0.755. The average molecular weight is 434 g/mol. The number of amides is 1. The van der Waals surface area contributed by atoms with Gasteiger partial charge in [0.2, 0.25) is 0 Å². The molecular formula is C25H31N5O2. The lowest BCUT2D eigenvalue weighted by atomic mass is 9.75. The SMILES string of the molecule is Cn1c2c([nH]c1=O)C=CC(C1=CC3CCC1CN3C(=O)c1cccnc1)N2CC(C)(C)C. The molecular weight excluding hydrogens is 402 g/mol. The van der Waals surface area contributed by atoms with Crippen LogP contribution in [0, 0.1) is 11.3 Å². The molecule has 32 heavy (non-hydrogen) atoms. The molecule has 0 saturated carbocycles. The van der Waals surface area contributed by atoms with Gasteiger partial charge in [0.05, 0.1) is 23.3 Å². The minimum atomic E-state index is -0.0911. The van der Waals surface area contributed by atoms with E-state index in [9.17, 15) is 9.59 Å². The second-order valence-corrected chi connectivity index (χ2v) is 10.4. The zero-order valence-electron chi connectivity index (χ0n) is 19.2. The van der Waals surface area contributed by atoms with Crippen molar-refractivity contribution >= 4 is 17.8 Å². The fraction of sp³-hybridized carbons (Fsp3) is 0.480. The molecule has 4 aliphatic rings. The van der Waals surface area contributed by atoms with E-state index in [-0.39, 0.29) is 29.1 Å². The summed E-state index contributed by atoms with van der Waals surface area (Å²) in [5.74, 6) is 1.32. The molecule has 1 amide bonds. The molecule has 1 aliphatic carbocycles. The molecule has 168 valence electrons. The number of rotatable bonds is 3. The molecule has 2 bridgehead atoms. The Balaban J connectivity index is 1.49. The highest BCUT2D eigenvalue weighted by atomic mass is 16.2. The van der Waals surface area contributed by atoms with Crippen molar-refractivity contribution < 1.29 is 4.79 Å². The Morgan fingerprint density at radius 1 is 1.28 bits per heavy atom. The number of piperidine rings is 1. The van der Waals surface area contributed by atoms with E-state index in [0.717, 1.165) is 37.4 Å². The molecule has 7 heteroatoms. The summed E-state index contributed by atoms with van der Waals surface area (Å²) in [7, 11) is 1.83. The van der Waals surface area contributed by atoms with Gasteiger partial charge >= 0.3 is 5.69 Å². The van der Waals surface area contributed by atoms with Crippen molar-refractivity contribution in [2.45, 2.75) is 45.7 Å². The number of nitrogens with one attached hydrogen (secondary N) is 1. The van der Waals surface area contributed by atoms with Gasteiger partial charge in [-0.2, -0.15) is 0 Å². The third kappa shape index (κ3) is 3.49. The molecule has 1 N–H and O–H groups in total. The molecule has 3 aliphatic heterocycles. The molecule has 1 saturated heterocycles. The highest BCUT2D eigenvalue weighted by Crippen LogP contribution is 2.42. The van der Waals surface area contributed by atoms with Crippen LogP contribution < -0.4 is 10.6 Å². The van der Waals surface area contributed by atoms with E-state index in [4.69, 9.17) is 0 Å². The third-order valence-electron chi connectivity index (χ3n) is 6.80. The van der Waals surface area contributed by atoms with Crippen molar-refractivity contribution in [3.05, 3.63) is 64.0 Å². The van der Waals surface area contributed by atoms with Crippen LogP contribution in [0.2, 0.25) is 0 Å². The number of anilines is 1. The highest BCUT2D eigenvalue weighted by molar-refractivity contribution is 5.94. The van der Waals surface area contributed by atoms with Crippen LogP contribution in [0.1, 0.15) is 49.7 Å². The topological polar surface area (TPSA) is 74.2 Å². The summed E-state index contributed by atoms with van der Waals surface area (Å²) in [4.78, 5) is 37.0. The van der Waals surface area contributed by atoms with Crippen LogP contribution in [0.15, 0.2) is 47.0 Å². The second kappa shape index (κ2) is 7.50. The number of nitrogens with zero attached hydrogens (tertiary/aromatic N) is 4. The first kappa shape index (κ1) is 20.8. The highest BCUT2D eigenvalue weighted by Gasteiger charge is 2.42. The lowest BCUT2D eigenvalue weighted by molar-refractivity contribution is 0.0581. The second-order valence-electron chi connectivity index (χ2n) is 10.4. The van der Waals surface area contributed by atoms with Gasteiger partial charge in [-0.15, -0.1) is 0 Å². The van der Waals surface area contributed by atoms with Crippen LogP contribution >= 0.6 is 0 Å². The predicted molar refractivity (Wildman–Crippen MR) is 126 cm³/mol. The minimum absolute atomic E-state index is 0.0594. The number of fused-ring (bicyclic) bond motifs is 3. The lowest BCUT2D eigenvalue weighted by Crippen LogP contribution is -2.54. The molecule has 5 heterocycles. The summed E-state index contributed by atoms with van der Waals surface area (Å²) < 4.78 is 1.72. The number of imidazole rings is 1. The molecule has 2 aromatic rings. The van der Waals surface area contributed by atoms with Crippen LogP contribution in [0.5, 0.6) is 0 Å². The van der Waals surface area contributed by atoms with Gasteiger partial charge in [-0.05, 0) is 48.0 Å². The zero-order valence-corrected chi connectivity index (χ0v) is 19.2. The minimum Gasteiger partial charge on any atom is -0.345 e. The Morgan fingerprint density at radius 2 is 2.09 bits per heavy atom. The Hall–Kier alpha value is -3.09. The molecule has 3 unspecified atom stereocenters. The summed E-state index contributed by atoms with van der Waals surface area (Å²) in [5.41, 5.74) is 2.86. The fourth-order valence-electron chi connectivity index (χ4n) is 5.42. The van der Waals surface area contributed by atoms with Gasteiger partial charge in [-0.3, -0.25) is 14.3 Å².